The number of likely N-dealkylation sites (tertiary alicyclic amines) is 1. The number of ether oxygens (including phenoxy) is 1. The molecule has 5 heteroatoms. The third kappa shape index (κ3) is 3.93. The maximum absolute atomic E-state index is 12.8. The lowest BCUT2D eigenvalue weighted by atomic mass is 9.92. The molecular weight excluding hydrogens is 259 g/mol. The van der Waals surface area contributed by atoms with Gasteiger partial charge in [-0.25, -0.2) is 4.39 Å². The summed E-state index contributed by atoms with van der Waals surface area (Å²) in [5.74, 6) is 0.498. The molecule has 0 spiro atoms. The van der Waals surface area contributed by atoms with Crippen molar-refractivity contribution in [2.75, 3.05) is 19.7 Å². The average Bonchev–Trinajstić information content (AvgIpc) is 2.46. The Bertz CT molecular complexity index is 448. The van der Waals surface area contributed by atoms with Gasteiger partial charge in [-0.05, 0) is 49.9 Å². The summed E-state index contributed by atoms with van der Waals surface area (Å²) in [5.41, 5.74) is 5.90. The second-order valence-electron chi connectivity index (χ2n) is 5.34. The summed E-state index contributed by atoms with van der Waals surface area (Å²) in [6, 6.07) is 5.76. The first-order valence-electron chi connectivity index (χ1n) is 6.98. The first kappa shape index (κ1) is 14.8. The lowest BCUT2D eigenvalue weighted by Gasteiger charge is -2.34. The Hall–Kier alpha value is -1.62. The summed E-state index contributed by atoms with van der Waals surface area (Å²) < 4.78 is 18.1. The Morgan fingerprint density at radius 1 is 1.50 bits per heavy atom. The van der Waals surface area contributed by atoms with Crippen molar-refractivity contribution in [3.05, 3.63) is 30.1 Å². The average molecular weight is 280 g/mol. The topological polar surface area (TPSA) is 55.6 Å². The molecule has 0 unspecified atom stereocenters. The van der Waals surface area contributed by atoms with Gasteiger partial charge in [-0.1, -0.05) is 0 Å². The third-order valence-electron chi connectivity index (χ3n) is 3.73. The van der Waals surface area contributed by atoms with E-state index in [1.165, 1.54) is 24.3 Å². The SMILES string of the molecule is C[C@@H](N)[C@@H]1CCCN(C(=O)COc2ccc(F)cc2)C1. The van der Waals surface area contributed by atoms with Crippen molar-refractivity contribution in [1.82, 2.24) is 4.90 Å². The van der Waals surface area contributed by atoms with Gasteiger partial charge in [-0.3, -0.25) is 4.79 Å². The highest BCUT2D eigenvalue weighted by Crippen LogP contribution is 2.19. The Balaban J connectivity index is 1.83. The Kier molecular flexibility index (Phi) is 4.95. The Labute approximate surface area is 118 Å². The fourth-order valence-electron chi connectivity index (χ4n) is 2.43. The van der Waals surface area contributed by atoms with E-state index < -0.39 is 0 Å². The number of carbonyl (C=O) groups is 1. The molecule has 1 aliphatic rings. The van der Waals surface area contributed by atoms with E-state index in [1.54, 1.807) is 4.90 Å². The van der Waals surface area contributed by atoms with Crippen molar-refractivity contribution in [3.63, 3.8) is 0 Å². The molecule has 2 rings (SSSR count). The van der Waals surface area contributed by atoms with Crippen molar-refractivity contribution in [2.24, 2.45) is 11.7 Å². The van der Waals surface area contributed by atoms with Crippen molar-refractivity contribution in [2.45, 2.75) is 25.8 Å². The first-order chi connectivity index (χ1) is 9.56. The summed E-state index contributed by atoms with van der Waals surface area (Å²) in [6.45, 7) is 3.42. The monoisotopic (exact) mass is 280 g/mol. The van der Waals surface area contributed by atoms with Gasteiger partial charge < -0.3 is 15.4 Å². The van der Waals surface area contributed by atoms with Crippen LogP contribution in [0.15, 0.2) is 24.3 Å². The smallest absolute Gasteiger partial charge is 0.260 e. The minimum Gasteiger partial charge on any atom is -0.484 e. The number of nitrogens with two attached hydrogens (primary N) is 1. The van der Waals surface area contributed by atoms with Gasteiger partial charge in [-0.15, -0.1) is 0 Å². The van der Waals surface area contributed by atoms with Crippen LogP contribution in [0.2, 0.25) is 0 Å². The molecule has 0 bridgehead atoms. The quantitative estimate of drug-likeness (QED) is 0.915. The van der Waals surface area contributed by atoms with Gasteiger partial charge in [0, 0.05) is 19.1 Å². The standard InChI is InChI=1S/C15H21FN2O2/c1-11(17)12-3-2-8-18(9-12)15(19)10-20-14-6-4-13(16)5-7-14/h4-7,11-12H,2-3,8-10,17H2,1H3/t11-,12-/m1/s1. The van der Waals surface area contributed by atoms with Gasteiger partial charge in [0.1, 0.15) is 11.6 Å². The Morgan fingerprint density at radius 3 is 2.85 bits per heavy atom. The fourth-order valence-corrected chi connectivity index (χ4v) is 2.43. The molecular formula is C15H21FN2O2. The number of rotatable bonds is 4. The molecule has 2 N–H and O–H groups in total. The van der Waals surface area contributed by atoms with Crippen molar-refractivity contribution in [3.8, 4) is 5.75 Å². The van der Waals surface area contributed by atoms with Gasteiger partial charge in [-0.2, -0.15) is 0 Å². The van der Waals surface area contributed by atoms with E-state index in [0.717, 1.165) is 19.4 Å². The molecule has 1 aromatic carbocycles. The molecule has 20 heavy (non-hydrogen) atoms. The molecule has 0 aromatic heterocycles. The highest BCUT2D eigenvalue weighted by molar-refractivity contribution is 5.77. The summed E-state index contributed by atoms with van der Waals surface area (Å²) in [4.78, 5) is 13.9. The van der Waals surface area contributed by atoms with Crippen LogP contribution in [0.25, 0.3) is 0 Å². The number of benzene rings is 1. The maximum atomic E-state index is 12.8. The molecule has 0 saturated carbocycles. The van der Waals surface area contributed by atoms with Crippen LogP contribution in [-0.4, -0.2) is 36.5 Å². The predicted molar refractivity (Wildman–Crippen MR) is 74.8 cm³/mol. The van der Waals surface area contributed by atoms with E-state index in [4.69, 9.17) is 10.5 Å². The van der Waals surface area contributed by atoms with Gasteiger partial charge in [0.2, 0.25) is 0 Å². The van der Waals surface area contributed by atoms with Gasteiger partial charge in [0.15, 0.2) is 6.61 Å². The highest BCUT2D eigenvalue weighted by Gasteiger charge is 2.25. The minimum absolute atomic E-state index is 0.0166. The van der Waals surface area contributed by atoms with E-state index in [0.29, 0.717) is 18.2 Å². The summed E-state index contributed by atoms with van der Waals surface area (Å²) in [5, 5.41) is 0. The zero-order chi connectivity index (χ0) is 14.5. The van der Waals surface area contributed by atoms with Crippen LogP contribution in [0.4, 0.5) is 4.39 Å². The number of hydrogen-bond donors (Lipinski definition) is 1. The third-order valence-corrected chi connectivity index (χ3v) is 3.73. The summed E-state index contributed by atoms with van der Waals surface area (Å²) in [7, 11) is 0. The van der Waals surface area contributed by atoms with Gasteiger partial charge >= 0.3 is 0 Å². The molecule has 4 nitrogen and oxygen atoms in total. The van der Waals surface area contributed by atoms with E-state index in [2.05, 4.69) is 0 Å². The normalized spacial score (nSPS) is 20.6. The number of nitrogens with zero attached hydrogens (tertiary/aromatic N) is 1. The van der Waals surface area contributed by atoms with Crippen LogP contribution >= 0.6 is 0 Å². The number of hydrogen-bond acceptors (Lipinski definition) is 3. The summed E-state index contributed by atoms with van der Waals surface area (Å²) in [6.07, 6.45) is 2.05. The molecule has 1 amide bonds. The lowest BCUT2D eigenvalue weighted by molar-refractivity contribution is -0.135. The fraction of sp³-hybridized carbons (Fsp3) is 0.533. The van der Waals surface area contributed by atoms with E-state index in [9.17, 15) is 9.18 Å². The molecule has 0 aliphatic carbocycles. The van der Waals surface area contributed by atoms with Crippen LogP contribution in [0.3, 0.4) is 0 Å². The second-order valence-corrected chi connectivity index (χ2v) is 5.34. The van der Waals surface area contributed by atoms with Crippen molar-refractivity contribution >= 4 is 5.91 Å². The van der Waals surface area contributed by atoms with Crippen LogP contribution in [0.5, 0.6) is 5.75 Å². The molecule has 1 heterocycles. The van der Waals surface area contributed by atoms with Crippen LogP contribution in [-0.2, 0) is 4.79 Å². The van der Waals surface area contributed by atoms with Crippen LogP contribution < -0.4 is 10.5 Å². The first-order valence-corrected chi connectivity index (χ1v) is 6.98. The maximum Gasteiger partial charge on any atom is 0.260 e. The predicted octanol–water partition coefficient (Wildman–Crippen LogP) is 1.79. The number of amides is 1. The van der Waals surface area contributed by atoms with E-state index >= 15 is 0 Å². The van der Waals surface area contributed by atoms with Crippen molar-refractivity contribution < 1.29 is 13.9 Å². The van der Waals surface area contributed by atoms with Crippen molar-refractivity contribution in [1.29, 1.82) is 0 Å². The van der Waals surface area contributed by atoms with Gasteiger partial charge in [0.05, 0.1) is 0 Å². The van der Waals surface area contributed by atoms with Crippen LogP contribution in [0, 0.1) is 11.7 Å². The van der Waals surface area contributed by atoms with Crippen LogP contribution in [0.1, 0.15) is 19.8 Å². The minimum atomic E-state index is -0.320. The molecule has 1 aliphatic heterocycles. The van der Waals surface area contributed by atoms with Gasteiger partial charge in [0.25, 0.3) is 5.91 Å². The number of piperidine rings is 1. The highest BCUT2D eigenvalue weighted by atomic mass is 19.1. The Morgan fingerprint density at radius 2 is 2.20 bits per heavy atom. The molecule has 0 radical (unpaired) electrons. The zero-order valence-electron chi connectivity index (χ0n) is 11.7. The zero-order valence-corrected chi connectivity index (χ0v) is 11.7. The molecule has 1 aromatic rings. The second kappa shape index (κ2) is 6.70. The lowest BCUT2D eigenvalue weighted by Crippen LogP contribution is -2.46. The van der Waals surface area contributed by atoms with E-state index in [-0.39, 0.29) is 24.4 Å². The molecule has 110 valence electrons. The number of halogens is 1. The molecule has 1 fully saturated rings. The summed E-state index contributed by atoms with van der Waals surface area (Å²) >= 11 is 0. The number of carbonyl (C=O) groups excluding carboxylic acids is 1. The molecule has 2 atom stereocenters. The molecule has 1 saturated heterocycles. The largest absolute Gasteiger partial charge is 0.484 e. The van der Waals surface area contributed by atoms with E-state index in [1.807, 2.05) is 6.92 Å².